The van der Waals surface area contributed by atoms with Crippen LogP contribution in [0, 0.1) is 11.8 Å². The number of hydrogen-bond donors (Lipinski definition) is 0. The van der Waals surface area contributed by atoms with Gasteiger partial charge in [0, 0.05) is 25.3 Å². The molecule has 0 spiro atoms. The summed E-state index contributed by atoms with van der Waals surface area (Å²) in [7, 11) is 0. The largest absolute Gasteiger partial charge is 0.335 e. The van der Waals surface area contributed by atoms with E-state index in [4.69, 9.17) is 0 Å². The van der Waals surface area contributed by atoms with Crippen LogP contribution in [0.2, 0.25) is 0 Å². The van der Waals surface area contributed by atoms with Crippen LogP contribution in [-0.2, 0) is 6.54 Å². The van der Waals surface area contributed by atoms with Crippen molar-refractivity contribution in [2.45, 2.75) is 71.4 Å². The van der Waals surface area contributed by atoms with Crippen LogP contribution in [-0.4, -0.2) is 33.2 Å². The molecule has 0 unspecified atom stereocenters. The highest BCUT2D eigenvalue weighted by Gasteiger charge is 2.34. The van der Waals surface area contributed by atoms with Gasteiger partial charge in [-0.3, -0.25) is 9.48 Å². The van der Waals surface area contributed by atoms with Crippen molar-refractivity contribution in [1.29, 1.82) is 0 Å². The lowest BCUT2D eigenvalue weighted by atomic mass is 9.81. The molecule has 22 heavy (non-hydrogen) atoms. The average Bonchev–Trinajstić information content (AvgIpc) is 2.84. The molecule has 0 radical (unpaired) electrons. The number of carbonyl (C=O) groups excluding carboxylic acids is 1. The Bertz CT molecular complexity index is 508. The first-order valence-electron chi connectivity index (χ1n) is 8.98. The molecule has 1 saturated carbocycles. The van der Waals surface area contributed by atoms with Gasteiger partial charge in [-0.2, -0.15) is 5.10 Å². The van der Waals surface area contributed by atoms with Crippen molar-refractivity contribution in [1.82, 2.24) is 14.7 Å². The monoisotopic (exact) mass is 303 g/mol. The van der Waals surface area contributed by atoms with Crippen molar-refractivity contribution in [3.63, 3.8) is 0 Å². The van der Waals surface area contributed by atoms with Crippen LogP contribution in [0.3, 0.4) is 0 Å². The Labute approximate surface area is 133 Å². The topological polar surface area (TPSA) is 38.1 Å². The Kier molecular flexibility index (Phi) is 4.84. The fourth-order valence-corrected chi connectivity index (χ4v) is 4.16. The summed E-state index contributed by atoms with van der Waals surface area (Å²) in [6, 6.07) is 0.470. The zero-order valence-corrected chi connectivity index (χ0v) is 14.0. The number of aromatic nitrogens is 2. The molecule has 2 fully saturated rings. The number of hydrogen-bond acceptors (Lipinski definition) is 2. The molecule has 1 aliphatic heterocycles. The maximum Gasteiger partial charge on any atom is 0.257 e. The minimum atomic E-state index is 0.203. The lowest BCUT2D eigenvalue weighted by Gasteiger charge is -2.38. The van der Waals surface area contributed by atoms with E-state index in [0.29, 0.717) is 12.0 Å². The maximum atomic E-state index is 13.0. The van der Waals surface area contributed by atoms with E-state index in [1.54, 1.807) is 6.20 Å². The number of likely N-dealkylation sites (tertiary alicyclic amines) is 1. The summed E-state index contributed by atoms with van der Waals surface area (Å²) in [5.74, 6) is 1.48. The summed E-state index contributed by atoms with van der Waals surface area (Å²) >= 11 is 0. The standard InChI is InChI=1S/C18H29N3O/c1-14(2)12-20-13-16(11-19-20)18(22)21-10-6-5-8-15-7-3-4-9-17(15)21/h11,13-15,17H,3-10,12H2,1-2H3/t15-,17-/m0/s1. The van der Waals surface area contributed by atoms with Gasteiger partial charge in [-0.1, -0.05) is 33.1 Å². The van der Waals surface area contributed by atoms with Gasteiger partial charge < -0.3 is 4.90 Å². The van der Waals surface area contributed by atoms with E-state index in [0.717, 1.165) is 31.0 Å². The summed E-state index contributed by atoms with van der Waals surface area (Å²) in [6.07, 6.45) is 12.5. The van der Waals surface area contributed by atoms with Crippen LogP contribution >= 0.6 is 0 Å². The molecule has 0 N–H and O–H groups in total. The molecule has 1 aromatic heterocycles. The van der Waals surface area contributed by atoms with E-state index in [-0.39, 0.29) is 5.91 Å². The molecule has 2 aliphatic rings. The van der Waals surface area contributed by atoms with Crippen LogP contribution in [0.1, 0.15) is 69.2 Å². The van der Waals surface area contributed by atoms with Gasteiger partial charge in [0.25, 0.3) is 5.91 Å². The van der Waals surface area contributed by atoms with Crippen LogP contribution < -0.4 is 0 Å². The smallest absolute Gasteiger partial charge is 0.257 e. The Balaban J connectivity index is 1.75. The van der Waals surface area contributed by atoms with E-state index in [2.05, 4.69) is 23.8 Å². The third-order valence-corrected chi connectivity index (χ3v) is 5.19. The predicted octanol–water partition coefficient (Wildman–Crippen LogP) is 3.72. The number of carbonyl (C=O) groups is 1. The molecule has 1 aromatic rings. The Morgan fingerprint density at radius 3 is 2.73 bits per heavy atom. The van der Waals surface area contributed by atoms with Crippen LogP contribution in [0.5, 0.6) is 0 Å². The molecular formula is C18H29N3O. The van der Waals surface area contributed by atoms with Crippen molar-refractivity contribution in [2.24, 2.45) is 11.8 Å². The molecule has 4 heteroatoms. The normalized spacial score (nSPS) is 25.9. The third-order valence-electron chi connectivity index (χ3n) is 5.19. The van der Waals surface area contributed by atoms with Gasteiger partial charge in [0.2, 0.25) is 0 Å². The van der Waals surface area contributed by atoms with Gasteiger partial charge in [-0.25, -0.2) is 0 Å². The minimum Gasteiger partial charge on any atom is -0.335 e. The van der Waals surface area contributed by atoms with Gasteiger partial charge in [-0.15, -0.1) is 0 Å². The fourth-order valence-electron chi connectivity index (χ4n) is 4.16. The van der Waals surface area contributed by atoms with E-state index < -0.39 is 0 Å². The molecule has 0 bridgehead atoms. The number of fused-ring (bicyclic) bond motifs is 1. The second-order valence-corrected chi connectivity index (χ2v) is 7.45. The average molecular weight is 303 g/mol. The van der Waals surface area contributed by atoms with Crippen molar-refractivity contribution in [3.8, 4) is 0 Å². The van der Waals surface area contributed by atoms with E-state index in [1.807, 2.05) is 10.9 Å². The highest BCUT2D eigenvalue weighted by atomic mass is 16.2. The van der Waals surface area contributed by atoms with Crippen molar-refractivity contribution in [2.75, 3.05) is 6.54 Å². The molecule has 4 nitrogen and oxygen atoms in total. The van der Waals surface area contributed by atoms with Gasteiger partial charge in [0.05, 0.1) is 11.8 Å². The molecule has 2 atom stereocenters. The summed E-state index contributed by atoms with van der Waals surface area (Å²) in [4.78, 5) is 15.2. The number of rotatable bonds is 3. The number of nitrogens with zero attached hydrogens (tertiary/aromatic N) is 3. The summed E-state index contributed by atoms with van der Waals surface area (Å²) in [6.45, 7) is 6.14. The zero-order valence-electron chi connectivity index (χ0n) is 14.0. The van der Waals surface area contributed by atoms with Crippen LogP contribution in [0.4, 0.5) is 0 Å². The Morgan fingerprint density at radius 2 is 1.95 bits per heavy atom. The van der Waals surface area contributed by atoms with Gasteiger partial charge in [0.1, 0.15) is 0 Å². The quantitative estimate of drug-likeness (QED) is 0.853. The summed E-state index contributed by atoms with van der Waals surface area (Å²) < 4.78 is 1.91. The molecule has 1 amide bonds. The summed E-state index contributed by atoms with van der Waals surface area (Å²) in [5, 5.41) is 4.37. The Morgan fingerprint density at radius 1 is 1.23 bits per heavy atom. The SMILES string of the molecule is CC(C)Cn1cc(C(=O)N2CCCC[C@@H]3CCCC[C@@H]32)cn1. The lowest BCUT2D eigenvalue weighted by Crippen LogP contribution is -2.45. The first-order valence-corrected chi connectivity index (χ1v) is 8.98. The molecule has 3 rings (SSSR count). The molecule has 2 heterocycles. The Hall–Kier alpha value is -1.32. The molecule has 1 saturated heterocycles. The first-order chi connectivity index (χ1) is 10.6. The lowest BCUT2D eigenvalue weighted by molar-refractivity contribution is 0.0569. The molecule has 1 aliphatic carbocycles. The van der Waals surface area contributed by atoms with Gasteiger partial charge in [0.15, 0.2) is 0 Å². The highest BCUT2D eigenvalue weighted by Crippen LogP contribution is 2.35. The third kappa shape index (κ3) is 3.36. The second-order valence-electron chi connectivity index (χ2n) is 7.45. The van der Waals surface area contributed by atoms with Crippen molar-refractivity contribution < 1.29 is 4.79 Å². The second kappa shape index (κ2) is 6.84. The number of amides is 1. The molecule has 0 aromatic carbocycles. The fraction of sp³-hybridized carbons (Fsp3) is 0.778. The van der Waals surface area contributed by atoms with Gasteiger partial charge >= 0.3 is 0 Å². The maximum absolute atomic E-state index is 13.0. The van der Waals surface area contributed by atoms with Crippen LogP contribution in [0.25, 0.3) is 0 Å². The van der Waals surface area contributed by atoms with Crippen molar-refractivity contribution in [3.05, 3.63) is 18.0 Å². The predicted molar refractivity (Wildman–Crippen MR) is 87.7 cm³/mol. The van der Waals surface area contributed by atoms with Crippen LogP contribution in [0.15, 0.2) is 12.4 Å². The van der Waals surface area contributed by atoms with Gasteiger partial charge in [-0.05, 0) is 37.5 Å². The minimum absolute atomic E-state index is 0.203. The molecular weight excluding hydrogens is 274 g/mol. The van der Waals surface area contributed by atoms with Crippen molar-refractivity contribution >= 4 is 5.91 Å². The molecule has 122 valence electrons. The summed E-state index contributed by atoms with van der Waals surface area (Å²) in [5.41, 5.74) is 0.770. The highest BCUT2D eigenvalue weighted by molar-refractivity contribution is 5.94. The first kappa shape index (κ1) is 15.6. The van der Waals surface area contributed by atoms with E-state index >= 15 is 0 Å². The van der Waals surface area contributed by atoms with E-state index in [1.165, 1.54) is 38.5 Å². The van der Waals surface area contributed by atoms with E-state index in [9.17, 15) is 4.79 Å². The zero-order chi connectivity index (χ0) is 15.5.